The van der Waals surface area contributed by atoms with Gasteiger partial charge in [-0.15, -0.1) is 0 Å². The first-order valence-corrected chi connectivity index (χ1v) is 8.34. The molecule has 0 saturated heterocycles. The Hall–Kier alpha value is -1.56. The topological polar surface area (TPSA) is 74.4 Å². The van der Waals surface area contributed by atoms with E-state index < -0.39 is 19.7 Å². The molecule has 0 spiro atoms. The molecule has 0 aliphatic carbocycles. The number of pyridine rings is 1. The fraction of sp³-hybridized carbons (Fsp3) is 0.357. The van der Waals surface area contributed by atoms with Gasteiger partial charge in [-0.05, 0) is 19.9 Å². The molecule has 1 aromatic heterocycles. The van der Waals surface area contributed by atoms with Crippen LogP contribution in [0.15, 0.2) is 24.3 Å². The molecule has 2 rings (SSSR count). The molecule has 2 aromatic rings. The molecule has 0 aliphatic heterocycles. The predicted octanol–water partition coefficient (Wildman–Crippen LogP) is 3.65. The molecule has 2 N–H and O–H groups in total. The first kappa shape index (κ1) is 16.8. The average Bonchev–Trinajstić information content (AvgIpc) is 2.47. The van der Waals surface area contributed by atoms with E-state index in [0.717, 1.165) is 0 Å². The van der Waals surface area contributed by atoms with Crippen LogP contribution in [0.4, 0.5) is 14.5 Å². The van der Waals surface area contributed by atoms with E-state index in [2.05, 4.69) is 4.98 Å². The van der Waals surface area contributed by atoms with Crippen LogP contribution in [0.2, 0.25) is 0 Å². The summed E-state index contributed by atoms with van der Waals surface area (Å²) in [7, 11) is -3.97. The summed E-state index contributed by atoms with van der Waals surface area (Å²) in [5, 5.41) is 0.0893. The second kappa shape index (κ2) is 6.69. The Balaban J connectivity index is 2.82. The highest BCUT2D eigenvalue weighted by Gasteiger charge is 2.36. The summed E-state index contributed by atoms with van der Waals surface area (Å²) in [6.45, 7) is 3.26. The van der Waals surface area contributed by atoms with Crippen molar-refractivity contribution in [1.29, 1.82) is 0 Å². The summed E-state index contributed by atoms with van der Waals surface area (Å²) < 4.78 is 50.0. The summed E-state index contributed by atoms with van der Waals surface area (Å²) >= 11 is 0. The van der Waals surface area contributed by atoms with Crippen molar-refractivity contribution in [2.24, 2.45) is 0 Å². The number of hydrogen-bond donors (Lipinski definition) is 1. The number of nitrogens with zero attached hydrogens (tertiary/aromatic N) is 1. The maximum Gasteiger partial charge on any atom is 0.365 e. The van der Waals surface area contributed by atoms with E-state index >= 15 is 0 Å². The largest absolute Gasteiger partial charge is 0.397 e. The van der Waals surface area contributed by atoms with Crippen LogP contribution in [0.3, 0.4) is 0 Å². The molecule has 0 fully saturated rings. The van der Waals surface area contributed by atoms with Crippen molar-refractivity contribution in [3.05, 3.63) is 30.0 Å². The van der Waals surface area contributed by atoms with Crippen LogP contribution in [0.25, 0.3) is 10.9 Å². The van der Waals surface area contributed by atoms with Crippen LogP contribution in [0.5, 0.6) is 0 Å². The number of hydrogen-bond acceptors (Lipinski definition) is 5. The number of nitrogen functional groups attached to an aromatic ring is 1. The summed E-state index contributed by atoms with van der Waals surface area (Å²) in [6, 6.07) is 6.54. The summed E-state index contributed by atoms with van der Waals surface area (Å²) in [5.74, 6) is 0. The van der Waals surface area contributed by atoms with Gasteiger partial charge < -0.3 is 14.8 Å². The Morgan fingerprint density at radius 3 is 2.36 bits per heavy atom. The van der Waals surface area contributed by atoms with Crippen LogP contribution in [-0.4, -0.2) is 18.2 Å². The van der Waals surface area contributed by atoms with E-state index in [-0.39, 0.29) is 24.2 Å². The third-order valence-corrected chi connectivity index (χ3v) is 5.23. The molecule has 0 aliphatic rings. The maximum absolute atomic E-state index is 13.4. The number of para-hydroxylation sites is 1. The number of anilines is 1. The molecule has 0 amide bonds. The highest BCUT2D eigenvalue weighted by molar-refractivity contribution is 7.62. The normalized spacial score (nSPS) is 12.2. The van der Waals surface area contributed by atoms with E-state index in [1.165, 1.54) is 0 Å². The van der Waals surface area contributed by atoms with Gasteiger partial charge in [0.25, 0.3) is 6.43 Å². The van der Waals surface area contributed by atoms with Gasteiger partial charge in [-0.25, -0.2) is 13.8 Å². The fourth-order valence-electron chi connectivity index (χ4n) is 2.19. The molecule has 5 nitrogen and oxygen atoms in total. The lowest BCUT2D eigenvalue weighted by atomic mass is 10.1. The van der Waals surface area contributed by atoms with Gasteiger partial charge in [-0.1, -0.05) is 18.2 Å². The molecule has 8 heteroatoms. The highest BCUT2D eigenvalue weighted by Crippen LogP contribution is 2.51. The third-order valence-electron chi connectivity index (χ3n) is 3.01. The van der Waals surface area contributed by atoms with Gasteiger partial charge in [0, 0.05) is 5.39 Å². The summed E-state index contributed by atoms with van der Waals surface area (Å²) in [5.41, 5.74) is 5.59. The number of alkyl halides is 2. The molecule has 0 radical (unpaired) electrons. The van der Waals surface area contributed by atoms with Gasteiger partial charge in [0.05, 0.1) is 24.4 Å². The second-order valence-electron chi connectivity index (χ2n) is 4.41. The van der Waals surface area contributed by atoms with Crippen molar-refractivity contribution in [2.45, 2.75) is 20.3 Å². The minimum absolute atomic E-state index is 0.0340. The van der Waals surface area contributed by atoms with E-state index in [1.807, 2.05) is 0 Å². The molecule has 120 valence electrons. The molecule has 0 saturated carbocycles. The van der Waals surface area contributed by atoms with E-state index in [1.54, 1.807) is 38.1 Å². The zero-order chi connectivity index (χ0) is 16.3. The Kier molecular flexibility index (Phi) is 5.11. The van der Waals surface area contributed by atoms with Crippen LogP contribution in [0.1, 0.15) is 26.0 Å². The van der Waals surface area contributed by atoms with Crippen molar-refractivity contribution in [1.82, 2.24) is 4.98 Å². The lowest BCUT2D eigenvalue weighted by Gasteiger charge is -2.22. The Bertz CT molecular complexity index is 715. The number of fused-ring (bicyclic) bond motifs is 1. The zero-order valence-electron chi connectivity index (χ0n) is 12.3. The van der Waals surface area contributed by atoms with Crippen molar-refractivity contribution >= 4 is 29.5 Å². The van der Waals surface area contributed by atoms with Crippen LogP contribution in [-0.2, 0) is 13.6 Å². The Morgan fingerprint density at radius 1 is 1.23 bits per heavy atom. The number of aromatic nitrogens is 1. The minimum Gasteiger partial charge on any atom is -0.397 e. The molecule has 22 heavy (non-hydrogen) atoms. The highest BCUT2D eigenvalue weighted by atomic mass is 31.2. The van der Waals surface area contributed by atoms with Gasteiger partial charge in [-0.2, -0.15) is 0 Å². The zero-order valence-corrected chi connectivity index (χ0v) is 13.1. The van der Waals surface area contributed by atoms with Crippen molar-refractivity contribution < 1.29 is 22.4 Å². The van der Waals surface area contributed by atoms with Crippen LogP contribution >= 0.6 is 7.60 Å². The van der Waals surface area contributed by atoms with E-state index in [0.29, 0.717) is 10.9 Å². The number of halogens is 2. The van der Waals surface area contributed by atoms with Crippen molar-refractivity contribution in [3.63, 3.8) is 0 Å². The van der Waals surface area contributed by atoms with E-state index in [4.69, 9.17) is 14.8 Å². The number of nitrogens with two attached hydrogens (primary N) is 1. The molecule has 0 unspecified atom stereocenters. The summed E-state index contributed by atoms with van der Waals surface area (Å²) in [4.78, 5) is 3.90. The van der Waals surface area contributed by atoms with Gasteiger partial charge >= 0.3 is 7.60 Å². The van der Waals surface area contributed by atoms with Gasteiger partial charge in [0.2, 0.25) is 0 Å². The second-order valence-corrected chi connectivity index (χ2v) is 6.37. The quantitative estimate of drug-likeness (QED) is 0.819. The van der Waals surface area contributed by atoms with Gasteiger partial charge in [0.15, 0.2) is 0 Å². The van der Waals surface area contributed by atoms with Crippen molar-refractivity contribution in [2.75, 3.05) is 18.9 Å². The average molecular weight is 330 g/mol. The van der Waals surface area contributed by atoms with Crippen LogP contribution in [0, 0.1) is 0 Å². The lowest BCUT2D eigenvalue weighted by Crippen LogP contribution is -2.22. The standard InChI is InChI=1S/C14H17F2N2O3P/c1-3-20-22(19,21-4-2)13-11(17)9-7-5-6-8-10(9)18-12(13)14(15)16/h5-8,14H,3-4H2,1-2H3,(H2,17,18). The SMILES string of the molecule is CCOP(=O)(OCC)c1c(C(F)F)nc2ccccc2c1N. The molecular formula is C14H17F2N2O3P. The third kappa shape index (κ3) is 2.97. The minimum atomic E-state index is -3.97. The first-order chi connectivity index (χ1) is 10.4. The fourth-order valence-corrected chi connectivity index (χ4v) is 4.05. The molecule has 1 aromatic carbocycles. The summed E-state index contributed by atoms with van der Waals surface area (Å²) in [6.07, 6.45) is -2.95. The van der Waals surface area contributed by atoms with Crippen LogP contribution < -0.4 is 11.0 Å². The first-order valence-electron chi connectivity index (χ1n) is 6.80. The predicted molar refractivity (Wildman–Crippen MR) is 81.6 cm³/mol. The molecule has 0 bridgehead atoms. The number of rotatable bonds is 6. The Morgan fingerprint density at radius 2 is 1.82 bits per heavy atom. The van der Waals surface area contributed by atoms with Gasteiger partial charge in [0.1, 0.15) is 11.0 Å². The smallest absolute Gasteiger partial charge is 0.365 e. The Labute approximate surface area is 127 Å². The van der Waals surface area contributed by atoms with E-state index in [9.17, 15) is 13.3 Å². The van der Waals surface area contributed by atoms with Gasteiger partial charge in [-0.3, -0.25) is 4.57 Å². The monoisotopic (exact) mass is 330 g/mol. The maximum atomic E-state index is 13.4. The molecule has 0 atom stereocenters. The lowest BCUT2D eigenvalue weighted by molar-refractivity contribution is 0.146. The number of benzene rings is 1. The van der Waals surface area contributed by atoms with Crippen molar-refractivity contribution in [3.8, 4) is 0 Å². The molecule has 1 heterocycles. The molecular weight excluding hydrogens is 313 g/mol.